The molecule has 4 aliphatic rings. The molecule has 0 radical (unpaired) electrons. The topological polar surface area (TPSA) is 172 Å². The van der Waals surface area contributed by atoms with Gasteiger partial charge in [-0.3, -0.25) is 0 Å². The van der Waals surface area contributed by atoms with Crippen molar-refractivity contribution in [2.24, 2.45) is 5.92 Å². The molecule has 0 amide bonds. The Bertz CT molecular complexity index is 3150. The van der Waals surface area contributed by atoms with Gasteiger partial charge in [0.25, 0.3) is 0 Å². The van der Waals surface area contributed by atoms with Gasteiger partial charge < -0.3 is 30.3 Å². The number of aromatic nitrogens is 10. The summed E-state index contributed by atoms with van der Waals surface area (Å²) in [5.74, 6) is 4.03. The number of aliphatic hydroxyl groups excluding tert-OH is 1. The molecule has 3 aliphatic heterocycles. The summed E-state index contributed by atoms with van der Waals surface area (Å²) in [6.45, 7) is 12.5. The molecule has 3 unspecified atom stereocenters. The van der Waals surface area contributed by atoms with Gasteiger partial charge in [0.05, 0.1) is 58.3 Å². The summed E-state index contributed by atoms with van der Waals surface area (Å²) in [7, 11) is 0. The van der Waals surface area contributed by atoms with E-state index in [-0.39, 0.29) is 24.3 Å². The minimum Gasteiger partial charge on any atom is -0.393 e. The molecular weight excluding hydrogens is 829 g/mol. The van der Waals surface area contributed by atoms with Crippen molar-refractivity contribution in [1.82, 2.24) is 49.1 Å². The molecule has 4 fully saturated rings. The first-order valence-electron chi connectivity index (χ1n) is 23.8. The molecule has 8 aromatic rings. The Morgan fingerprint density at radius 2 is 1.14 bits per heavy atom. The van der Waals surface area contributed by atoms with Gasteiger partial charge in [-0.25, -0.2) is 29.9 Å². The van der Waals surface area contributed by atoms with E-state index in [2.05, 4.69) is 70.7 Å². The summed E-state index contributed by atoms with van der Waals surface area (Å²) in [5.41, 5.74) is 12.0. The summed E-state index contributed by atoms with van der Waals surface area (Å²) >= 11 is 0. The SMILES string of the molecule is Cc1ccc2nc(C)c(-c3cc4nc(N5CCCC5)cc(NC5COC(C6CCN(c7cc(NC8CCC(O)CC8)n8nc(-c9nc%10cc(C)ccc%10nc9C)cc8n7)C6)C5)n4n3)nc2c1. The van der Waals surface area contributed by atoms with E-state index in [1.165, 1.54) is 0 Å². The van der Waals surface area contributed by atoms with Crippen LogP contribution >= 0.6 is 0 Å². The number of nitrogens with one attached hydrogen (secondary N) is 2. The highest BCUT2D eigenvalue weighted by Gasteiger charge is 2.37. The van der Waals surface area contributed by atoms with E-state index < -0.39 is 0 Å². The number of fused-ring (bicyclic) bond motifs is 4. The van der Waals surface area contributed by atoms with Crippen molar-refractivity contribution in [3.05, 3.63) is 83.2 Å². The van der Waals surface area contributed by atoms with E-state index >= 15 is 0 Å². The summed E-state index contributed by atoms with van der Waals surface area (Å²) in [6.07, 6.45) is 7.45. The quantitative estimate of drug-likeness (QED) is 0.129. The first kappa shape index (κ1) is 40.9. The van der Waals surface area contributed by atoms with Crippen LogP contribution in [-0.4, -0.2) is 111 Å². The van der Waals surface area contributed by atoms with Crippen LogP contribution in [0.3, 0.4) is 0 Å². The average molecular weight is 885 g/mol. The number of benzene rings is 2. The third-order valence-electron chi connectivity index (χ3n) is 14.2. The molecule has 3 saturated heterocycles. The smallest absolute Gasteiger partial charge is 0.160 e. The average Bonchev–Trinajstić information content (AvgIpc) is 4.17. The largest absolute Gasteiger partial charge is 0.393 e. The molecule has 2 aromatic carbocycles. The van der Waals surface area contributed by atoms with Crippen LogP contribution in [0.15, 0.2) is 60.7 Å². The summed E-state index contributed by atoms with van der Waals surface area (Å²) < 4.78 is 10.5. The molecule has 1 aliphatic carbocycles. The Hall–Kier alpha value is -6.52. The van der Waals surface area contributed by atoms with Crippen molar-refractivity contribution in [2.75, 3.05) is 53.2 Å². The van der Waals surface area contributed by atoms with Gasteiger partial charge in [-0.15, -0.1) is 0 Å². The van der Waals surface area contributed by atoms with E-state index in [0.29, 0.717) is 12.5 Å². The Balaban J connectivity index is 0.800. The standard InChI is InChI=1S/C50H56N14O2/c1-28-7-13-36-38(19-28)55-49(30(3)51-36)40-22-45-57-43(61-16-5-6-17-61)24-48(64(45)60-40)54-34-21-42(66-27-34)32-15-18-62(26-32)44-25-47(53-33-9-11-35(65)12-10-33)63-46(58-44)23-41(59-63)50-31(4)52-37-14-8-29(2)20-39(37)56-50/h7-8,13-14,19-20,22-25,32-35,42,53-54,65H,5-6,9-12,15-18,21,26-27H2,1-4H3. The lowest BCUT2D eigenvalue weighted by Crippen LogP contribution is -2.30. The number of hydrogen-bond donors (Lipinski definition) is 3. The highest BCUT2D eigenvalue weighted by molar-refractivity contribution is 5.80. The maximum absolute atomic E-state index is 10.3. The molecule has 1 saturated carbocycles. The third-order valence-corrected chi connectivity index (χ3v) is 14.2. The first-order chi connectivity index (χ1) is 32.1. The second-order valence-electron chi connectivity index (χ2n) is 19.2. The number of nitrogens with zero attached hydrogens (tertiary/aromatic N) is 12. The maximum atomic E-state index is 10.3. The van der Waals surface area contributed by atoms with Crippen molar-refractivity contribution in [3.63, 3.8) is 0 Å². The second-order valence-corrected chi connectivity index (χ2v) is 19.2. The molecule has 3 N–H and O–H groups in total. The Labute approximate surface area is 382 Å². The molecule has 66 heavy (non-hydrogen) atoms. The van der Waals surface area contributed by atoms with Gasteiger partial charge in [-0.1, -0.05) is 12.1 Å². The lowest BCUT2D eigenvalue weighted by atomic mass is 9.93. The fourth-order valence-electron chi connectivity index (χ4n) is 10.6. The van der Waals surface area contributed by atoms with Crippen molar-refractivity contribution >= 4 is 56.6 Å². The zero-order valence-electron chi connectivity index (χ0n) is 38.1. The monoisotopic (exact) mass is 884 g/mol. The van der Waals surface area contributed by atoms with Crippen LogP contribution in [0.1, 0.15) is 73.9 Å². The van der Waals surface area contributed by atoms with E-state index in [1.54, 1.807) is 0 Å². The van der Waals surface area contributed by atoms with Crippen LogP contribution in [0, 0.1) is 33.6 Å². The molecule has 0 bridgehead atoms. The van der Waals surface area contributed by atoms with E-state index in [0.717, 1.165) is 179 Å². The van der Waals surface area contributed by atoms with Crippen molar-refractivity contribution in [2.45, 2.75) is 103 Å². The molecule has 9 heterocycles. The van der Waals surface area contributed by atoms with Gasteiger partial charge >= 0.3 is 0 Å². The minimum absolute atomic E-state index is 0.102. The molecule has 6 aromatic heterocycles. The fraction of sp³-hybridized carbons (Fsp3) is 0.440. The number of aliphatic hydroxyl groups is 1. The molecule has 338 valence electrons. The lowest BCUT2D eigenvalue weighted by Gasteiger charge is -2.27. The number of hydrogen-bond acceptors (Lipinski definition) is 14. The molecule has 0 spiro atoms. The van der Waals surface area contributed by atoms with Crippen LogP contribution in [0.4, 0.5) is 23.3 Å². The van der Waals surface area contributed by atoms with E-state index in [4.69, 9.17) is 44.8 Å². The molecule has 16 nitrogen and oxygen atoms in total. The van der Waals surface area contributed by atoms with Crippen molar-refractivity contribution in [3.8, 4) is 22.8 Å². The van der Waals surface area contributed by atoms with Crippen LogP contribution in [-0.2, 0) is 4.74 Å². The van der Waals surface area contributed by atoms with E-state index in [1.807, 2.05) is 47.1 Å². The summed E-state index contributed by atoms with van der Waals surface area (Å²) in [5, 5.41) is 28.2. The number of anilines is 4. The van der Waals surface area contributed by atoms with Gasteiger partial charge in [0.2, 0.25) is 0 Å². The van der Waals surface area contributed by atoms with Crippen LogP contribution in [0.25, 0.3) is 56.1 Å². The minimum atomic E-state index is -0.235. The zero-order chi connectivity index (χ0) is 44.6. The highest BCUT2D eigenvalue weighted by Crippen LogP contribution is 2.36. The van der Waals surface area contributed by atoms with Crippen molar-refractivity contribution < 1.29 is 9.84 Å². The van der Waals surface area contributed by atoms with E-state index in [9.17, 15) is 5.11 Å². The lowest BCUT2D eigenvalue weighted by molar-refractivity contribution is 0.0700. The normalized spacial score (nSPS) is 22.5. The zero-order valence-corrected chi connectivity index (χ0v) is 38.1. The molecule has 16 heteroatoms. The van der Waals surface area contributed by atoms with Gasteiger partial charge in [0.1, 0.15) is 46.0 Å². The number of ether oxygens (including phenoxy) is 1. The molecular formula is C50H56N14O2. The fourth-order valence-corrected chi connectivity index (χ4v) is 10.6. The first-order valence-corrected chi connectivity index (χ1v) is 23.8. The predicted molar refractivity (Wildman–Crippen MR) is 257 cm³/mol. The summed E-state index contributed by atoms with van der Waals surface area (Å²) in [4.78, 5) is 35.0. The summed E-state index contributed by atoms with van der Waals surface area (Å²) in [6, 6.07) is 21.1. The third kappa shape index (κ3) is 7.68. The molecule has 12 rings (SSSR count). The van der Waals surface area contributed by atoms with Gasteiger partial charge in [0.15, 0.2) is 11.3 Å². The predicted octanol–water partition coefficient (Wildman–Crippen LogP) is 7.64. The van der Waals surface area contributed by atoms with Gasteiger partial charge in [0, 0.05) is 62.4 Å². The van der Waals surface area contributed by atoms with Crippen LogP contribution < -0.4 is 20.4 Å². The van der Waals surface area contributed by atoms with Crippen LogP contribution in [0.2, 0.25) is 0 Å². The number of rotatable bonds is 9. The second kappa shape index (κ2) is 16.4. The van der Waals surface area contributed by atoms with Gasteiger partial charge in [-0.2, -0.15) is 19.2 Å². The molecule has 3 atom stereocenters. The van der Waals surface area contributed by atoms with Crippen LogP contribution in [0.5, 0.6) is 0 Å². The Morgan fingerprint density at radius 1 is 0.576 bits per heavy atom. The van der Waals surface area contributed by atoms with Gasteiger partial charge in [-0.05, 0) is 114 Å². The van der Waals surface area contributed by atoms with Crippen molar-refractivity contribution in [1.29, 1.82) is 0 Å². The maximum Gasteiger partial charge on any atom is 0.160 e. The number of aryl methyl sites for hydroxylation is 4. The Kier molecular flexibility index (Phi) is 10.2. The highest BCUT2D eigenvalue weighted by atomic mass is 16.5. The Morgan fingerprint density at radius 3 is 1.73 bits per heavy atom.